The minimum absolute atomic E-state index is 0.113. The number of sulfone groups is 2. The summed E-state index contributed by atoms with van der Waals surface area (Å²) in [7, 11) is -5.57. The second-order valence-electron chi connectivity index (χ2n) is 5.97. The van der Waals surface area contributed by atoms with E-state index in [2.05, 4.69) is 5.32 Å². The highest BCUT2D eigenvalue weighted by Gasteiger charge is 2.45. The number of hydrogen-bond acceptors (Lipinski definition) is 7. The fourth-order valence-electron chi connectivity index (χ4n) is 2.88. The fraction of sp³-hybridized carbons (Fsp3) is 0.625. The van der Waals surface area contributed by atoms with E-state index in [4.69, 9.17) is 9.47 Å². The van der Waals surface area contributed by atoms with E-state index in [1.807, 2.05) is 6.92 Å². The van der Waals surface area contributed by atoms with Crippen molar-refractivity contribution < 1.29 is 26.3 Å². The zero-order chi connectivity index (χ0) is 18.5. The second-order valence-corrected chi connectivity index (χ2v) is 10.3. The minimum Gasteiger partial charge on any atom is -0.494 e. The molecular weight excluding hydrogens is 366 g/mol. The fourth-order valence-corrected chi connectivity index (χ4v) is 7.60. The average molecular weight is 392 g/mol. The van der Waals surface area contributed by atoms with Gasteiger partial charge in [0.1, 0.15) is 5.75 Å². The number of ether oxygens (including phenoxy) is 2. The van der Waals surface area contributed by atoms with Gasteiger partial charge in [0.05, 0.1) is 28.3 Å². The van der Waals surface area contributed by atoms with Crippen LogP contribution in [0.5, 0.6) is 5.75 Å². The van der Waals surface area contributed by atoms with Gasteiger partial charge in [-0.05, 0) is 44.2 Å². The molecule has 1 saturated heterocycles. The van der Waals surface area contributed by atoms with E-state index in [-0.39, 0.29) is 16.4 Å². The number of benzene rings is 1. The van der Waals surface area contributed by atoms with Gasteiger partial charge in [0.25, 0.3) is 0 Å². The van der Waals surface area contributed by atoms with E-state index in [0.29, 0.717) is 31.9 Å². The van der Waals surface area contributed by atoms with Crippen molar-refractivity contribution in [3.8, 4) is 5.75 Å². The van der Waals surface area contributed by atoms with Gasteiger partial charge in [-0.15, -0.1) is 0 Å². The van der Waals surface area contributed by atoms with Crippen LogP contribution in [-0.2, 0) is 24.4 Å². The molecule has 0 aromatic heterocycles. The molecule has 2 rings (SSSR count). The van der Waals surface area contributed by atoms with Crippen LogP contribution < -0.4 is 10.1 Å². The number of methoxy groups -OCH3 is 1. The van der Waals surface area contributed by atoms with E-state index < -0.39 is 31.0 Å². The molecule has 1 heterocycles. The second kappa shape index (κ2) is 8.48. The molecule has 0 unspecified atom stereocenters. The predicted octanol–water partition coefficient (Wildman–Crippen LogP) is 0.651. The molecule has 1 aromatic rings. The summed E-state index contributed by atoms with van der Waals surface area (Å²) in [6.45, 7) is 3.36. The summed E-state index contributed by atoms with van der Waals surface area (Å²) in [6, 6.07) is 5.49. The normalized spacial score (nSPS) is 22.8. The van der Waals surface area contributed by atoms with Crippen molar-refractivity contribution in [3.63, 3.8) is 0 Å². The maximum atomic E-state index is 12.9. The summed E-state index contributed by atoms with van der Waals surface area (Å²) in [6.07, 6.45) is 0.683. The van der Waals surface area contributed by atoms with Gasteiger partial charge in [-0.1, -0.05) is 0 Å². The van der Waals surface area contributed by atoms with Crippen LogP contribution in [0.3, 0.4) is 0 Å². The average Bonchev–Trinajstić information content (AvgIpc) is 2.88. The molecule has 1 aliphatic rings. The van der Waals surface area contributed by atoms with Crippen molar-refractivity contribution in [1.29, 1.82) is 0 Å². The molecule has 9 heteroatoms. The Bertz CT molecular complexity index is 758. The van der Waals surface area contributed by atoms with Crippen LogP contribution in [0.4, 0.5) is 0 Å². The highest BCUT2D eigenvalue weighted by atomic mass is 32.2. The molecule has 0 radical (unpaired) electrons. The van der Waals surface area contributed by atoms with Gasteiger partial charge in [0.15, 0.2) is 19.7 Å². The highest BCUT2D eigenvalue weighted by molar-refractivity contribution is 7.96. The summed E-state index contributed by atoms with van der Waals surface area (Å²) in [5.41, 5.74) is 0. The highest BCUT2D eigenvalue weighted by Crippen LogP contribution is 2.27. The molecule has 0 bridgehead atoms. The van der Waals surface area contributed by atoms with Crippen molar-refractivity contribution in [2.24, 2.45) is 0 Å². The molecule has 1 fully saturated rings. The third-order valence-corrected chi connectivity index (χ3v) is 8.26. The van der Waals surface area contributed by atoms with Crippen molar-refractivity contribution >= 4 is 19.7 Å². The van der Waals surface area contributed by atoms with Gasteiger partial charge in [0.2, 0.25) is 0 Å². The zero-order valence-electron chi connectivity index (χ0n) is 14.5. The molecule has 2 atom stereocenters. The largest absolute Gasteiger partial charge is 0.494 e. The van der Waals surface area contributed by atoms with Gasteiger partial charge in [-0.3, -0.25) is 0 Å². The van der Waals surface area contributed by atoms with Gasteiger partial charge in [0, 0.05) is 19.8 Å². The quantitative estimate of drug-likeness (QED) is 0.617. The molecule has 142 valence electrons. The first-order valence-corrected chi connectivity index (χ1v) is 11.6. The summed E-state index contributed by atoms with van der Waals surface area (Å²) in [4.78, 5) is 0.113. The van der Waals surface area contributed by atoms with Crippen LogP contribution in [0.2, 0.25) is 0 Å². The molecule has 1 aliphatic heterocycles. The molecule has 7 nitrogen and oxygen atoms in total. The summed E-state index contributed by atoms with van der Waals surface area (Å²) < 4.78 is 60.1. The molecule has 0 aliphatic carbocycles. The maximum Gasteiger partial charge on any atom is 0.183 e. The van der Waals surface area contributed by atoms with Crippen LogP contribution in [0.25, 0.3) is 0 Å². The maximum absolute atomic E-state index is 12.9. The van der Waals surface area contributed by atoms with Gasteiger partial charge >= 0.3 is 0 Å². The lowest BCUT2D eigenvalue weighted by Gasteiger charge is -2.20. The first-order valence-electron chi connectivity index (χ1n) is 8.19. The van der Waals surface area contributed by atoms with Crippen LogP contribution in [0.15, 0.2) is 29.2 Å². The van der Waals surface area contributed by atoms with Crippen LogP contribution in [-0.4, -0.2) is 66.5 Å². The standard InChI is InChI=1S/C16H25NO6S2/c1-3-23-13-5-7-14(8-6-13)25(20,21)16-12-24(18,19)11-15(16)17-9-4-10-22-2/h5-8,15-17H,3-4,9-12H2,1-2H3/t15-,16-/m0/s1. The monoisotopic (exact) mass is 391 g/mol. The van der Waals surface area contributed by atoms with Gasteiger partial charge in [-0.2, -0.15) is 0 Å². The molecule has 0 amide bonds. The molecule has 25 heavy (non-hydrogen) atoms. The first-order chi connectivity index (χ1) is 11.8. The molecule has 0 saturated carbocycles. The third kappa shape index (κ3) is 5.16. The SMILES string of the molecule is CCOc1ccc(S(=O)(=O)[C@H]2CS(=O)(=O)C[C@@H]2NCCCOC)cc1. The zero-order valence-corrected chi connectivity index (χ0v) is 16.1. The summed E-state index contributed by atoms with van der Waals surface area (Å²) >= 11 is 0. The minimum atomic E-state index is -3.76. The first kappa shape index (κ1) is 20.2. The molecular formula is C16H25NO6S2. The topological polar surface area (TPSA) is 98.8 Å². The van der Waals surface area contributed by atoms with E-state index in [1.165, 1.54) is 12.1 Å². The molecule has 1 N–H and O–H groups in total. The lowest BCUT2D eigenvalue weighted by atomic mass is 10.2. The van der Waals surface area contributed by atoms with Crippen molar-refractivity contribution in [1.82, 2.24) is 5.32 Å². The smallest absolute Gasteiger partial charge is 0.183 e. The predicted molar refractivity (Wildman–Crippen MR) is 95.5 cm³/mol. The van der Waals surface area contributed by atoms with Crippen molar-refractivity contribution in [2.45, 2.75) is 29.5 Å². The third-order valence-electron chi connectivity index (χ3n) is 4.09. The van der Waals surface area contributed by atoms with E-state index >= 15 is 0 Å². The van der Waals surface area contributed by atoms with Gasteiger partial charge in [-0.25, -0.2) is 16.8 Å². The lowest BCUT2D eigenvalue weighted by Crippen LogP contribution is -2.43. The van der Waals surface area contributed by atoms with E-state index in [0.717, 1.165) is 0 Å². The Labute approximate surface area is 149 Å². The summed E-state index contributed by atoms with van der Waals surface area (Å²) in [5, 5.41) is 2.08. The Kier molecular flexibility index (Phi) is 6.84. The Morgan fingerprint density at radius 1 is 1.20 bits per heavy atom. The Balaban J connectivity index is 2.19. The number of rotatable bonds is 9. The Morgan fingerprint density at radius 3 is 2.48 bits per heavy atom. The summed E-state index contributed by atoms with van der Waals surface area (Å²) in [5.74, 6) is 0.0560. The van der Waals surface area contributed by atoms with E-state index in [9.17, 15) is 16.8 Å². The van der Waals surface area contributed by atoms with Crippen molar-refractivity contribution in [3.05, 3.63) is 24.3 Å². The van der Waals surface area contributed by atoms with Crippen LogP contribution in [0, 0.1) is 0 Å². The van der Waals surface area contributed by atoms with E-state index in [1.54, 1.807) is 19.2 Å². The van der Waals surface area contributed by atoms with Crippen LogP contribution in [0.1, 0.15) is 13.3 Å². The lowest BCUT2D eigenvalue weighted by molar-refractivity contribution is 0.193. The van der Waals surface area contributed by atoms with Gasteiger partial charge < -0.3 is 14.8 Å². The number of nitrogens with one attached hydrogen (secondary N) is 1. The molecule has 1 aromatic carbocycles. The van der Waals surface area contributed by atoms with Crippen LogP contribution >= 0.6 is 0 Å². The molecule has 0 spiro atoms. The van der Waals surface area contributed by atoms with Crippen molar-refractivity contribution in [2.75, 3.05) is 38.4 Å². The number of hydrogen-bond donors (Lipinski definition) is 1. The Hall–Kier alpha value is -1.16. The Morgan fingerprint density at radius 2 is 1.88 bits per heavy atom.